The molecule has 3 rings (SSSR count). The molecule has 146 valence electrons. The first-order valence-electron chi connectivity index (χ1n) is 8.64. The number of ether oxygens (including phenoxy) is 1. The molecule has 0 spiro atoms. The fourth-order valence-electron chi connectivity index (χ4n) is 3.10. The van der Waals surface area contributed by atoms with Gasteiger partial charge in [-0.15, -0.1) is 11.3 Å². The van der Waals surface area contributed by atoms with Crippen molar-refractivity contribution in [3.8, 4) is 5.75 Å². The molecule has 1 fully saturated rings. The molecule has 1 N–H and O–H groups in total. The number of methoxy groups -OCH3 is 1. The van der Waals surface area contributed by atoms with Crippen molar-refractivity contribution in [2.45, 2.75) is 25.9 Å². The second kappa shape index (κ2) is 8.37. The molecule has 27 heavy (non-hydrogen) atoms. The number of hydrogen-bond acceptors (Lipinski definition) is 7. The summed E-state index contributed by atoms with van der Waals surface area (Å²) in [5.74, 6) is 0.824. The van der Waals surface area contributed by atoms with Gasteiger partial charge in [0.1, 0.15) is 5.75 Å². The second-order valence-electron chi connectivity index (χ2n) is 6.65. The van der Waals surface area contributed by atoms with E-state index in [9.17, 15) is 13.2 Å². The molecule has 2 aromatic rings. The number of nitrogens with one attached hydrogen (secondary N) is 1. The minimum atomic E-state index is -3.04. The topological polar surface area (TPSA) is 88.6 Å². The molecule has 9 heteroatoms. The van der Waals surface area contributed by atoms with E-state index in [1.54, 1.807) is 7.11 Å². The smallest absolute Gasteiger partial charge is 0.240 e. The summed E-state index contributed by atoms with van der Waals surface area (Å²) in [6, 6.07) is 7.41. The Morgan fingerprint density at radius 2 is 2.11 bits per heavy atom. The summed E-state index contributed by atoms with van der Waals surface area (Å²) in [6.07, 6.45) is 0.544. The highest BCUT2D eigenvalue weighted by Gasteiger charge is 2.33. The number of rotatable bonds is 7. The van der Waals surface area contributed by atoms with Gasteiger partial charge < -0.3 is 10.1 Å². The van der Waals surface area contributed by atoms with E-state index in [4.69, 9.17) is 4.74 Å². The largest absolute Gasteiger partial charge is 0.497 e. The van der Waals surface area contributed by atoms with Crippen LogP contribution in [0.3, 0.4) is 0 Å². The van der Waals surface area contributed by atoms with E-state index in [1.165, 1.54) is 11.3 Å². The number of nitrogens with zero attached hydrogens (tertiary/aromatic N) is 2. The van der Waals surface area contributed by atoms with Gasteiger partial charge in [0.15, 0.2) is 15.0 Å². The highest BCUT2D eigenvalue weighted by Crippen LogP contribution is 2.22. The fourth-order valence-corrected chi connectivity index (χ4v) is 5.56. The zero-order valence-corrected chi connectivity index (χ0v) is 17.0. The molecule has 1 aliphatic rings. The number of aryl methyl sites for hydroxylation is 1. The molecule has 1 atom stereocenters. The van der Waals surface area contributed by atoms with Crippen LogP contribution in [-0.2, 0) is 21.2 Å². The number of carbonyl (C=O) groups excluding carboxylic acids is 1. The van der Waals surface area contributed by atoms with Crippen LogP contribution in [0.15, 0.2) is 29.6 Å². The van der Waals surface area contributed by atoms with Crippen molar-refractivity contribution in [2.24, 2.45) is 0 Å². The lowest BCUT2D eigenvalue weighted by Gasteiger charge is -2.27. The van der Waals surface area contributed by atoms with Crippen molar-refractivity contribution < 1.29 is 17.9 Å². The van der Waals surface area contributed by atoms with Crippen LogP contribution in [0.25, 0.3) is 0 Å². The average molecular weight is 410 g/mol. The Balaban J connectivity index is 1.71. The van der Waals surface area contributed by atoms with Gasteiger partial charge in [0.25, 0.3) is 0 Å². The zero-order valence-electron chi connectivity index (χ0n) is 15.3. The van der Waals surface area contributed by atoms with E-state index in [1.807, 2.05) is 41.5 Å². The summed E-state index contributed by atoms with van der Waals surface area (Å²) < 4.78 is 29.0. The number of benzene rings is 1. The third-order valence-electron chi connectivity index (χ3n) is 4.48. The van der Waals surface area contributed by atoms with E-state index in [0.717, 1.165) is 17.0 Å². The highest BCUT2D eigenvalue weighted by atomic mass is 32.2. The van der Waals surface area contributed by atoms with Gasteiger partial charge in [-0.3, -0.25) is 9.69 Å². The van der Waals surface area contributed by atoms with Crippen molar-refractivity contribution in [2.75, 3.05) is 30.5 Å². The molecule has 0 radical (unpaired) electrons. The molecular weight excluding hydrogens is 386 g/mol. The minimum absolute atomic E-state index is 0.0901. The summed E-state index contributed by atoms with van der Waals surface area (Å²) >= 11 is 1.37. The van der Waals surface area contributed by atoms with Gasteiger partial charge in [-0.1, -0.05) is 12.1 Å². The standard InChI is InChI=1S/C18H23N3O4S2/c1-13-11-26-18(19-13)20-17(22)10-21(15-7-8-27(23,24)12-15)9-14-3-5-16(25-2)6-4-14/h3-6,11,15H,7-10,12H2,1-2H3,(H,19,20,22). The number of anilines is 1. The Bertz CT molecular complexity index is 894. The number of sulfone groups is 1. The number of aromatic nitrogens is 1. The van der Waals surface area contributed by atoms with Gasteiger partial charge >= 0.3 is 0 Å². The summed E-state index contributed by atoms with van der Waals surface area (Å²) in [5, 5.41) is 5.22. The van der Waals surface area contributed by atoms with E-state index < -0.39 is 9.84 Å². The van der Waals surface area contributed by atoms with Crippen molar-refractivity contribution in [3.63, 3.8) is 0 Å². The van der Waals surface area contributed by atoms with Crippen LogP contribution in [0.5, 0.6) is 5.75 Å². The van der Waals surface area contributed by atoms with Gasteiger partial charge in [-0.05, 0) is 31.0 Å². The predicted octanol–water partition coefficient (Wildman–Crippen LogP) is 2.09. The highest BCUT2D eigenvalue weighted by molar-refractivity contribution is 7.91. The van der Waals surface area contributed by atoms with Gasteiger partial charge in [0, 0.05) is 18.0 Å². The monoisotopic (exact) mass is 409 g/mol. The number of amides is 1. The van der Waals surface area contributed by atoms with E-state index in [-0.39, 0.29) is 30.0 Å². The van der Waals surface area contributed by atoms with Crippen molar-refractivity contribution in [3.05, 3.63) is 40.9 Å². The molecular formula is C18H23N3O4S2. The average Bonchev–Trinajstić information content (AvgIpc) is 3.19. The van der Waals surface area contributed by atoms with Gasteiger partial charge in [0.05, 0.1) is 30.9 Å². The van der Waals surface area contributed by atoms with E-state index in [0.29, 0.717) is 18.1 Å². The first-order chi connectivity index (χ1) is 12.8. The van der Waals surface area contributed by atoms with Crippen LogP contribution < -0.4 is 10.1 Å². The predicted molar refractivity (Wildman–Crippen MR) is 106 cm³/mol. The summed E-state index contributed by atoms with van der Waals surface area (Å²) in [5.41, 5.74) is 1.85. The number of thiazole rings is 1. The number of carbonyl (C=O) groups is 1. The lowest BCUT2D eigenvalue weighted by atomic mass is 10.1. The maximum Gasteiger partial charge on any atom is 0.240 e. The van der Waals surface area contributed by atoms with E-state index in [2.05, 4.69) is 10.3 Å². The molecule has 1 aliphatic heterocycles. The molecule has 1 aromatic heterocycles. The summed E-state index contributed by atoms with van der Waals surface area (Å²) in [7, 11) is -1.43. The molecule has 0 aliphatic carbocycles. The molecule has 7 nitrogen and oxygen atoms in total. The second-order valence-corrected chi connectivity index (χ2v) is 9.74. The Hall–Kier alpha value is -1.97. The van der Waals surface area contributed by atoms with Crippen LogP contribution >= 0.6 is 11.3 Å². The fraction of sp³-hybridized carbons (Fsp3) is 0.444. The quantitative estimate of drug-likeness (QED) is 0.753. The van der Waals surface area contributed by atoms with Crippen LogP contribution in [0, 0.1) is 6.92 Å². The molecule has 0 bridgehead atoms. The lowest BCUT2D eigenvalue weighted by molar-refractivity contribution is -0.117. The number of hydrogen-bond donors (Lipinski definition) is 1. The van der Waals surface area contributed by atoms with Crippen molar-refractivity contribution in [1.29, 1.82) is 0 Å². The molecule has 2 heterocycles. The minimum Gasteiger partial charge on any atom is -0.497 e. The van der Waals surface area contributed by atoms with Gasteiger partial charge in [-0.2, -0.15) is 0 Å². The maximum atomic E-state index is 12.5. The Kier molecular flexibility index (Phi) is 6.13. The lowest BCUT2D eigenvalue weighted by Crippen LogP contribution is -2.41. The third-order valence-corrected chi connectivity index (χ3v) is 7.11. The SMILES string of the molecule is COc1ccc(CN(CC(=O)Nc2nc(C)cs2)C2CCS(=O)(=O)C2)cc1. The molecule has 0 saturated carbocycles. The van der Waals surface area contributed by atoms with Gasteiger partial charge in [-0.25, -0.2) is 13.4 Å². The molecule has 1 unspecified atom stereocenters. The summed E-state index contributed by atoms with van der Waals surface area (Å²) in [4.78, 5) is 18.7. The third kappa shape index (κ3) is 5.50. The Morgan fingerprint density at radius 3 is 2.67 bits per heavy atom. The van der Waals surface area contributed by atoms with E-state index >= 15 is 0 Å². The Morgan fingerprint density at radius 1 is 1.37 bits per heavy atom. The zero-order chi connectivity index (χ0) is 19.4. The van der Waals surface area contributed by atoms with Crippen LogP contribution in [0.2, 0.25) is 0 Å². The Labute approximate surface area is 163 Å². The molecule has 1 amide bonds. The van der Waals surface area contributed by atoms with Crippen molar-refractivity contribution >= 4 is 32.2 Å². The van der Waals surface area contributed by atoms with Gasteiger partial charge in [0.2, 0.25) is 5.91 Å². The molecule has 1 saturated heterocycles. The first-order valence-corrected chi connectivity index (χ1v) is 11.3. The first kappa shape index (κ1) is 19.8. The van der Waals surface area contributed by atoms with Crippen molar-refractivity contribution in [1.82, 2.24) is 9.88 Å². The molecule has 1 aromatic carbocycles. The normalized spacial score (nSPS) is 18.6. The summed E-state index contributed by atoms with van der Waals surface area (Å²) in [6.45, 7) is 2.48. The van der Waals surface area contributed by atoms with Crippen LogP contribution in [0.4, 0.5) is 5.13 Å². The van der Waals surface area contributed by atoms with Crippen LogP contribution in [0.1, 0.15) is 17.7 Å². The maximum absolute atomic E-state index is 12.5. The van der Waals surface area contributed by atoms with Crippen LogP contribution in [-0.4, -0.2) is 55.4 Å².